The van der Waals surface area contributed by atoms with Crippen LogP contribution in [0.4, 0.5) is 0 Å². The van der Waals surface area contributed by atoms with E-state index < -0.39 is 5.97 Å². The first-order chi connectivity index (χ1) is 12.5. The maximum atomic E-state index is 12.6. The molecular formula is C20H26N2O4. The third-order valence-electron chi connectivity index (χ3n) is 5.70. The molecule has 0 bridgehead atoms. The summed E-state index contributed by atoms with van der Waals surface area (Å²) in [6, 6.07) is 9.80. The number of likely N-dealkylation sites (tertiary alicyclic amines) is 1. The lowest BCUT2D eigenvalue weighted by Gasteiger charge is -2.28. The van der Waals surface area contributed by atoms with Crippen LogP contribution in [0.5, 0.6) is 0 Å². The van der Waals surface area contributed by atoms with Gasteiger partial charge in [0.15, 0.2) is 0 Å². The van der Waals surface area contributed by atoms with Crippen molar-refractivity contribution in [2.45, 2.75) is 51.1 Å². The molecule has 2 aliphatic rings. The first kappa shape index (κ1) is 18.4. The summed E-state index contributed by atoms with van der Waals surface area (Å²) < 4.78 is 0. The Hall–Kier alpha value is -2.37. The number of carboxylic acid groups (broad SMARTS) is 1. The lowest BCUT2D eigenvalue weighted by atomic mass is 9.86. The lowest BCUT2D eigenvalue weighted by Crippen LogP contribution is -2.42. The molecule has 2 fully saturated rings. The van der Waals surface area contributed by atoms with Gasteiger partial charge in [0.25, 0.3) is 0 Å². The molecule has 1 saturated carbocycles. The fourth-order valence-corrected chi connectivity index (χ4v) is 4.00. The summed E-state index contributed by atoms with van der Waals surface area (Å²) in [5, 5.41) is 12.1. The van der Waals surface area contributed by atoms with Crippen molar-refractivity contribution in [3.63, 3.8) is 0 Å². The van der Waals surface area contributed by atoms with Crippen molar-refractivity contribution in [3.8, 4) is 0 Å². The topological polar surface area (TPSA) is 86.7 Å². The molecule has 6 heteroatoms. The van der Waals surface area contributed by atoms with Crippen LogP contribution < -0.4 is 5.32 Å². The van der Waals surface area contributed by atoms with Crippen molar-refractivity contribution < 1.29 is 19.5 Å². The molecule has 1 saturated heterocycles. The van der Waals surface area contributed by atoms with Gasteiger partial charge in [-0.05, 0) is 38.2 Å². The monoisotopic (exact) mass is 358 g/mol. The van der Waals surface area contributed by atoms with E-state index in [0.29, 0.717) is 32.2 Å². The number of hydrogen-bond donors (Lipinski definition) is 2. The smallest absolute Gasteiger partial charge is 0.306 e. The van der Waals surface area contributed by atoms with Crippen LogP contribution in [0, 0.1) is 11.8 Å². The second-order valence-electron chi connectivity index (χ2n) is 7.43. The van der Waals surface area contributed by atoms with Crippen molar-refractivity contribution in [1.82, 2.24) is 10.2 Å². The molecule has 1 aromatic rings. The highest BCUT2D eigenvalue weighted by molar-refractivity contribution is 5.89. The highest BCUT2D eigenvalue weighted by Crippen LogP contribution is 2.29. The number of nitrogens with one attached hydrogen (secondary N) is 1. The molecule has 6 nitrogen and oxygen atoms in total. The summed E-state index contributed by atoms with van der Waals surface area (Å²) in [5.41, 5.74) is 1.06. The third-order valence-corrected chi connectivity index (χ3v) is 5.70. The molecule has 1 heterocycles. The highest BCUT2D eigenvalue weighted by Gasteiger charge is 2.38. The van der Waals surface area contributed by atoms with Gasteiger partial charge in [0.1, 0.15) is 0 Å². The van der Waals surface area contributed by atoms with Gasteiger partial charge in [0.05, 0.1) is 17.9 Å². The van der Waals surface area contributed by atoms with Crippen LogP contribution in [0.1, 0.15) is 50.6 Å². The highest BCUT2D eigenvalue weighted by atomic mass is 16.4. The first-order valence-electron chi connectivity index (χ1n) is 9.33. The van der Waals surface area contributed by atoms with E-state index in [1.54, 1.807) is 4.90 Å². The summed E-state index contributed by atoms with van der Waals surface area (Å²) >= 11 is 0. The van der Waals surface area contributed by atoms with Crippen molar-refractivity contribution in [2.24, 2.45) is 11.8 Å². The number of benzene rings is 1. The van der Waals surface area contributed by atoms with E-state index >= 15 is 0 Å². The van der Waals surface area contributed by atoms with Crippen LogP contribution in [-0.4, -0.2) is 40.4 Å². The van der Waals surface area contributed by atoms with Gasteiger partial charge < -0.3 is 15.3 Å². The molecule has 26 heavy (non-hydrogen) atoms. The van der Waals surface area contributed by atoms with Gasteiger partial charge in [-0.15, -0.1) is 0 Å². The zero-order chi connectivity index (χ0) is 18.7. The van der Waals surface area contributed by atoms with Gasteiger partial charge in [-0.25, -0.2) is 0 Å². The Morgan fingerprint density at radius 1 is 1.12 bits per heavy atom. The summed E-state index contributed by atoms with van der Waals surface area (Å²) in [6.07, 6.45) is 2.82. The fraction of sp³-hybridized carbons (Fsp3) is 0.550. The minimum atomic E-state index is -0.748. The van der Waals surface area contributed by atoms with Crippen molar-refractivity contribution in [3.05, 3.63) is 35.9 Å². The molecule has 0 radical (unpaired) electrons. The maximum Gasteiger partial charge on any atom is 0.306 e. The largest absolute Gasteiger partial charge is 0.481 e. The van der Waals surface area contributed by atoms with Gasteiger partial charge in [0, 0.05) is 19.0 Å². The number of carbonyl (C=O) groups is 3. The van der Waals surface area contributed by atoms with E-state index in [2.05, 4.69) is 5.32 Å². The van der Waals surface area contributed by atoms with Gasteiger partial charge in [-0.2, -0.15) is 0 Å². The average molecular weight is 358 g/mol. The summed E-state index contributed by atoms with van der Waals surface area (Å²) in [6.45, 7) is 2.42. The molecule has 0 spiro atoms. The maximum absolute atomic E-state index is 12.6. The summed E-state index contributed by atoms with van der Waals surface area (Å²) in [7, 11) is 0. The molecule has 1 aromatic carbocycles. The zero-order valence-corrected chi connectivity index (χ0v) is 15.1. The molecule has 2 N–H and O–H groups in total. The van der Waals surface area contributed by atoms with Crippen LogP contribution in [0.25, 0.3) is 0 Å². The van der Waals surface area contributed by atoms with Crippen molar-refractivity contribution in [1.29, 1.82) is 0 Å². The van der Waals surface area contributed by atoms with Crippen LogP contribution in [-0.2, 0) is 14.4 Å². The molecular weight excluding hydrogens is 332 g/mol. The first-order valence-corrected chi connectivity index (χ1v) is 9.33. The number of nitrogens with zero attached hydrogens (tertiary/aromatic N) is 1. The van der Waals surface area contributed by atoms with Gasteiger partial charge in [0.2, 0.25) is 11.8 Å². The second kappa shape index (κ2) is 7.89. The number of amides is 2. The van der Waals surface area contributed by atoms with Crippen LogP contribution in [0.3, 0.4) is 0 Å². The Balaban J connectivity index is 1.53. The Bertz CT molecular complexity index is 668. The molecule has 1 aliphatic heterocycles. The van der Waals surface area contributed by atoms with Crippen molar-refractivity contribution >= 4 is 17.8 Å². The second-order valence-corrected chi connectivity index (χ2v) is 7.43. The van der Waals surface area contributed by atoms with Crippen molar-refractivity contribution in [2.75, 3.05) is 6.54 Å². The van der Waals surface area contributed by atoms with Crippen LogP contribution in [0.2, 0.25) is 0 Å². The van der Waals surface area contributed by atoms with E-state index in [1.807, 2.05) is 37.3 Å². The zero-order valence-electron chi connectivity index (χ0n) is 15.1. The number of carbonyl (C=O) groups excluding carboxylic acids is 2. The van der Waals surface area contributed by atoms with E-state index in [4.69, 9.17) is 5.11 Å². The third kappa shape index (κ3) is 4.06. The summed E-state index contributed by atoms with van der Waals surface area (Å²) in [5.74, 6) is -1.44. The standard InChI is InChI=1S/C20H26N2O4/c1-13(14-5-3-2-4-6-14)22-12-16(11-18(22)23)19(24)21-17-9-7-15(8-10-17)20(25)26/h2-6,13,15-17H,7-12H2,1H3,(H,21,24)(H,25,26)/t13-,15?,16-,17?/m0/s1. The molecule has 1 aliphatic carbocycles. The predicted molar refractivity (Wildman–Crippen MR) is 96.2 cm³/mol. The normalized spacial score (nSPS) is 27.2. The molecule has 2 atom stereocenters. The quantitative estimate of drug-likeness (QED) is 0.846. The number of carboxylic acids is 1. The molecule has 0 unspecified atom stereocenters. The Morgan fingerprint density at radius 3 is 2.38 bits per heavy atom. The lowest BCUT2D eigenvalue weighted by molar-refractivity contribution is -0.143. The number of hydrogen-bond acceptors (Lipinski definition) is 3. The summed E-state index contributed by atoms with van der Waals surface area (Å²) in [4.78, 5) is 37.8. The van der Waals surface area contributed by atoms with E-state index in [1.165, 1.54) is 0 Å². The van der Waals surface area contributed by atoms with Gasteiger partial charge >= 0.3 is 5.97 Å². The average Bonchev–Trinajstić information content (AvgIpc) is 3.04. The molecule has 3 rings (SSSR count). The van der Waals surface area contributed by atoms with E-state index in [9.17, 15) is 14.4 Å². The fourth-order valence-electron chi connectivity index (χ4n) is 4.00. The minimum Gasteiger partial charge on any atom is -0.481 e. The van der Waals surface area contributed by atoms with Crippen LogP contribution in [0.15, 0.2) is 30.3 Å². The molecule has 140 valence electrons. The predicted octanol–water partition coefficient (Wildman–Crippen LogP) is 2.36. The number of rotatable bonds is 5. The molecule has 0 aromatic heterocycles. The SMILES string of the molecule is C[C@@H](c1ccccc1)N1C[C@@H](C(=O)NC2CCC(C(=O)O)CC2)CC1=O. The molecule has 2 amide bonds. The van der Waals surface area contributed by atoms with Gasteiger partial charge in [-0.1, -0.05) is 30.3 Å². The minimum absolute atomic E-state index is 0.0103. The van der Waals surface area contributed by atoms with E-state index in [-0.39, 0.29) is 42.2 Å². The van der Waals surface area contributed by atoms with E-state index in [0.717, 1.165) is 5.56 Å². The van der Waals surface area contributed by atoms with Crippen LogP contribution >= 0.6 is 0 Å². The Kier molecular flexibility index (Phi) is 5.59. The Morgan fingerprint density at radius 2 is 1.77 bits per heavy atom. The van der Waals surface area contributed by atoms with Gasteiger partial charge in [-0.3, -0.25) is 14.4 Å². The Labute approximate surface area is 153 Å². The number of aliphatic carboxylic acids is 1.